The Morgan fingerprint density at radius 3 is 2.75 bits per heavy atom. The predicted molar refractivity (Wildman–Crippen MR) is 66.6 cm³/mol. The average Bonchev–Trinajstić information content (AvgIpc) is 2.30. The molecule has 0 radical (unpaired) electrons. The van der Waals surface area contributed by atoms with E-state index in [9.17, 15) is 0 Å². The molecule has 0 fully saturated rings. The van der Waals surface area contributed by atoms with Gasteiger partial charge in [-0.15, -0.1) is 0 Å². The molecule has 0 aliphatic heterocycles. The maximum absolute atomic E-state index is 4.15. The second-order valence-electron chi connectivity index (χ2n) is 3.52. The molecule has 0 atom stereocenters. The van der Waals surface area contributed by atoms with Crippen molar-refractivity contribution in [3.05, 3.63) is 59.9 Å². The van der Waals surface area contributed by atoms with Gasteiger partial charge in [0.25, 0.3) is 0 Å². The van der Waals surface area contributed by atoms with E-state index in [0.29, 0.717) is 0 Å². The van der Waals surface area contributed by atoms with E-state index in [-0.39, 0.29) is 0 Å². The Labute approximate surface area is 94.9 Å². The molecule has 2 aromatic rings. The summed E-state index contributed by atoms with van der Waals surface area (Å²) < 4.78 is 0. The number of nitrogens with one attached hydrogen (secondary N) is 1. The SMILES string of the molecule is Cc1cccc(N/N=C\c2ccncc2)c1. The fourth-order valence-electron chi connectivity index (χ4n) is 1.35. The first-order valence-electron chi connectivity index (χ1n) is 5.10. The van der Waals surface area contributed by atoms with E-state index >= 15 is 0 Å². The lowest BCUT2D eigenvalue weighted by Gasteiger charge is -2.00. The van der Waals surface area contributed by atoms with Crippen LogP contribution in [-0.4, -0.2) is 11.2 Å². The van der Waals surface area contributed by atoms with Gasteiger partial charge in [0.15, 0.2) is 0 Å². The van der Waals surface area contributed by atoms with Crippen LogP contribution in [0.4, 0.5) is 5.69 Å². The Bertz CT molecular complexity index is 478. The van der Waals surface area contributed by atoms with Crippen LogP contribution in [0.2, 0.25) is 0 Å². The summed E-state index contributed by atoms with van der Waals surface area (Å²) in [6.45, 7) is 2.05. The van der Waals surface area contributed by atoms with Gasteiger partial charge in [0.05, 0.1) is 11.9 Å². The first-order chi connectivity index (χ1) is 7.84. The van der Waals surface area contributed by atoms with Gasteiger partial charge in [-0.25, -0.2) is 0 Å². The topological polar surface area (TPSA) is 37.3 Å². The standard InChI is InChI=1S/C13H13N3/c1-11-3-2-4-13(9-11)16-15-10-12-5-7-14-8-6-12/h2-10,16H,1H3/b15-10-. The highest BCUT2D eigenvalue weighted by Gasteiger charge is 1.89. The molecule has 3 nitrogen and oxygen atoms in total. The number of nitrogens with zero attached hydrogens (tertiary/aromatic N) is 2. The molecular weight excluding hydrogens is 198 g/mol. The van der Waals surface area contributed by atoms with Crippen LogP contribution in [0, 0.1) is 6.92 Å². The third-order valence-electron chi connectivity index (χ3n) is 2.13. The lowest BCUT2D eigenvalue weighted by Crippen LogP contribution is -1.90. The molecule has 1 heterocycles. The van der Waals surface area contributed by atoms with Gasteiger partial charge in [-0.3, -0.25) is 10.4 Å². The number of hydrogen-bond acceptors (Lipinski definition) is 3. The van der Waals surface area contributed by atoms with Crippen LogP contribution in [-0.2, 0) is 0 Å². The monoisotopic (exact) mass is 211 g/mol. The number of benzene rings is 1. The smallest absolute Gasteiger partial charge is 0.0564 e. The van der Waals surface area contributed by atoms with Crippen molar-refractivity contribution < 1.29 is 0 Å². The zero-order valence-corrected chi connectivity index (χ0v) is 9.09. The van der Waals surface area contributed by atoms with Crippen LogP contribution < -0.4 is 5.43 Å². The fourth-order valence-corrected chi connectivity index (χ4v) is 1.35. The first-order valence-corrected chi connectivity index (χ1v) is 5.10. The largest absolute Gasteiger partial charge is 0.278 e. The van der Waals surface area contributed by atoms with Gasteiger partial charge in [-0.1, -0.05) is 12.1 Å². The molecule has 1 aromatic carbocycles. The molecule has 0 unspecified atom stereocenters. The summed E-state index contributed by atoms with van der Waals surface area (Å²) in [5, 5.41) is 4.15. The van der Waals surface area contributed by atoms with Crippen molar-refractivity contribution in [2.75, 3.05) is 5.43 Å². The molecule has 80 valence electrons. The predicted octanol–water partition coefficient (Wildman–Crippen LogP) is 2.84. The molecule has 0 aliphatic carbocycles. The first kappa shape index (κ1) is 10.4. The Morgan fingerprint density at radius 2 is 2.00 bits per heavy atom. The van der Waals surface area contributed by atoms with Crippen molar-refractivity contribution in [2.45, 2.75) is 6.92 Å². The Balaban J connectivity index is 2.00. The molecule has 3 heteroatoms. The average molecular weight is 211 g/mol. The van der Waals surface area contributed by atoms with Crippen molar-refractivity contribution in [2.24, 2.45) is 5.10 Å². The Morgan fingerprint density at radius 1 is 1.19 bits per heavy atom. The summed E-state index contributed by atoms with van der Waals surface area (Å²) >= 11 is 0. The molecule has 0 bridgehead atoms. The number of aryl methyl sites for hydroxylation is 1. The van der Waals surface area contributed by atoms with E-state index in [0.717, 1.165) is 11.3 Å². The maximum atomic E-state index is 4.15. The van der Waals surface area contributed by atoms with Gasteiger partial charge in [0.1, 0.15) is 0 Å². The minimum Gasteiger partial charge on any atom is -0.278 e. The van der Waals surface area contributed by atoms with Crippen LogP contribution in [0.25, 0.3) is 0 Å². The Hall–Kier alpha value is -2.16. The second-order valence-corrected chi connectivity index (χ2v) is 3.52. The lowest BCUT2D eigenvalue weighted by molar-refractivity contribution is 1.31. The summed E-state index contributed by atoms with van der Waals surface area (Å²) in [6.07, 6.45) is 5.26. The van der Waals surface area contributed by atoms with Crippen molar-refractivity contribution in [1.29, 1.82) is 0 Å². The van der Waals surface area contributed by atoms with E-state index in [2.05, 4.69) is 28.5 Å². The van der Waals surface area contributed by atoms with E-state index in [1.165, 1.54) is 5.56 Å². The third kappa shape index (κ3) is 2.92. The minimum atomic E-state index is 0.991. The molecule has 1 aromatic heterocycles. The highest BCUT2D eigenvalue weighted by atomic mass is 15.3. The number of rotatable bonds is 3. The number of aromatic nitrogens is 1. The van der Waals surface area contributed by atoms with Gasteiger partial charge >= 0.3 is 0 Å². The quantitative estimate of drug-likeness (QED) is 0.626. The molecule has 0 saturated carbocycles. The lowest BCUT2D eigenvalue weighted by atomic mass is 10.2. The summed E-state index contributed by atoms with van der Waals surface area (Å²) in [6, 6.07) is 11.9. The Kier molecular flexibility index (Phi) is 3.28. The van der Waals surface area contributed by atoms with Gasteiger partial charge in [-0.05, 0) is 42.3 Å². The maximum Gasteiger partial charge on any atom is 0.0564 e. The van der Waals surface area contributed by atoms with Crippen molar-refractivity contribution >= 4 is 11.9 Å². The van der Waals surface area contributed by atoms with Crippen LogP contribution >= 0.6 is 0 Å². The van der Waals surface area contributed by atoms with Gasteiger partial charge in [0.2, 0.25) is 0 Å². The molecule has 0 amide bonds. The molecule has 1 N–H and O–H groups in total. The highest BCUT2D eigenvalue weighted by Crippen LogP contribution is 2.08. The highest BCUT2D eigenvalue weighted by molar-refractivity contribution is 5.79. The van der Waals surface area contributed by atoms with Crippen molar-refractivity contribution in [1.82, 2.24) is 4.98 Å². The minimum absolute atomic E-state index is 0.991. The van der Waals surface area contributed by atoms with Crippen LogP contribution in [0.15, 0.2) is 53.9 Å². The summed E-state index contributed by atoms with van der Waals surface area (Å²) in [5.41, 5.74) is 6.21. The third-order valence-corrected chi connectivity index (χ3v) is 2.13. The van der Waals surface area contributed by atoms with Crippen LogP contribution in [0.1, 0.15) is 11.1 Å². The molecule has 0 saturated heterocycles. The summed E-state index contributed by atoms with van der Waals surface area (Å²) in [5.74, 6) is 0. The number of pyridine rings is 1. The summed E-state index contributed by atoms with van der Waals surface area (Å²) in [7, 11) is 0. The zero-order chi connectivity index (χ0) is 11.2. The fraction of sp³-hybridized carbons (Fsp3) is 0.0769. The number of hydrazone groups is 1. The van der Waals surface area contributed by atoms with E-state index in [1.807, 2.05) is 30.3 Å². The molecule has 2 rings (SSSR count). The molecule has 0 aliphatic rings. The van der Waals surface area contributed by atoms with Gasteiger partial charge in [-0.2, -0.15) is 5.10 Å². The molecule has 0 spiro atoms. The van der Waals surface area contributed by atoms with Gasteiger partial charge in [0, 0.05) is 12.4 Å². The van der Waals surface area contributed by atoms with Crippen molar-refractivity contribution in [3.8, 4) is 0 Å². The van der Waals surface area contributed by atoms with E-state index < -0.39 is 0 Å². The van der Waals surface area contributed by atoms with E-state index in [1.54, 1.807) is 18.6 Å². The van der Waals surface area contributed by atoms with E-state index in [4.69, 9.17) is 0 Å². The normalized spacial score (nSPS) is 10.6. The number of anilines is 1. The van der Waals surface area contributed by atoms with Gasteiger partial charge < -0.3 is 0 Å². The summed E-state index contributed by atoms with van der Waals surface area (Å²) in [4.78, 5) is 3.94. The van der Waals surface area contributed by atoms with Crippen LogP contribution in [0.5, 0.6) is 0 Å². The van der Waals surface area contributed by atoms with Crippen molar-refractivity contribution in [3.63, 3.8) is 0 Å². The second kappa shape index (κ2) is 5.07. The zero-order valence-electron chi connectivity index (χ0n) is 9.09. The molecule has 16 heavy (non-hydrogen) atoms. The van der Waals surface area contributed by atoms with Crippen LogP contribution in [0.3, 0.4) is 0 Å². The number of hydrogen-bond donors (Lipinski definition) is 1. The molecular formula is C13H13N3.